The summed E-state index contributed by atoms with van der Waals surface area (Å²) in [5.41, 5.74) is 0.831. The molecule has 114 valence electrons. The summed E-state index contributed by atoms with van der Waals surface area (Å²) in [6.07, 6.45) is 4.94. The number of Topliss-reactive ketones (excluding diaryl/α,β-unsaturated/α-hetero) is 1. The van der Waals surface area contributed by atoms with Gasteiger partial charge in [-0.1, -0.05) is 12.2 Å². The van der Waals surface area contributed by atoms with Crippen molar-refractivity contribution in [3.05, 3.63) is 41.2 Å². The van der Waals surface area contributed by atoms with Gasteiger partial charge in [-0.3, -0.25) is 9.59 Å². The van der Waals surface area contributed by atoms with Crippen LogP contribution in [0.15, 0.2) is 35.6 Å². The second-order valence-corrected chi connectivity index (χ2v) is 4.95. The van der Waals surface area contributed by atoms with E-state index in [0.717, 1.165) is 6.42 Å². The van der Waals surface area contributed by atoms with Crippen molar-refractivity contribution >= 4 is 11.8 Å². The van der Waals surface area contributed by atoms with E-state index in [0.29, 0.717) is 29.2 Å². The summed E-state index contributed by atoms with van der Waals surface area (Å²) in [5.74, 6) is -0.964. The van der Waals surface area contributed by atoms with Crippen LogP contribution in [0.25, 0.3) is 0 Å². The number of carbonyl (C=O) groups is 2. The summed E-state index contributed by atoms with van der Waals surface area (Å²) in [7, 11) is 2.90. The molecule has 3 rings (SSSR count). The Labute approximate surface area is 127 Å². The Bertz CT molecular complexity index is 704. The monoisotopic (exact) mass is 301 g/mol. The number of ether oxygens (including phenoxy) is 3. The van der Waals surface area contributed by atoms with Gasteiger partial charge in [0.15, 0.2) is 11.7 Å². The average Bonchev–Trinajstić information content (AvgIpc) is 2.55. The van der Waals surface area contributed by atoms with Crippen LogP contribution in [0, 0.1) is 0 Å². The molecular formula is C16H15NO5. The van der Waals surface area contributed by atoms with Crippen LogP contribution in [0.5, 0.6) is 11.8 Å². The molecule has 2 aliphatic rings. The average molecular weight is 301 g/mol. The van der Waals surface area contributed by atoms with Gasteiger partial charge >= 0.3 is 5.97 Å². The van der Waals surface area contributed by atoms with Gasteiger partial charge in [0.25, 0.3) is 0 Å². The van der Waals surface area contributed by atoms with Gasteiger partial charge in [-0.15, -0.1) is 0 Å². The fraction of sp³-hybridized carbons (Fsp3) is 0.312. The summed E-state index contributed by atoms with van der Waals surface area (Å²) in [6.45, 7) is 0. The van der Waals surface area contributed by atoms with E-state index in [1.165, 1.54) is 14.2 Å². The molecule has 0 spiro atoms. The van der Waals surface area contributed by atoms with E-state index >= 15 is 0 Å². The molecule has 1 unspecified atom stereocenters. The number of methoxy groups -OCH3 is 2. The normalized spacial score (nSPS) is 20.5. The van der Waals surface area contributed by atoms with E-state index < -0.39 is 11.9 Å². The van der Waals surface area contributed by atoms with Crippen molar-refractivity contribution in [1.29, 1.82) is 0 Å². The quantitative estimate of drug-likeness (QED) is 0.627. The van der Waals surface area contributed by atoms with Crippen molar-refractivity contribution in [1.82, 2.24) is 4.98 Å². The molecule has 1 atom stereocenters. The van der Waals surface area contributed by atoms with Crippen LogP contribution < -0.4 is 9.47 Å². The topological polar surface area (TPSA) is 74.7 Å². The van der Waals surface area contributed by atoms with Gasteiger partial charge in [-0.2, -0.15) is 4.98 Å². The largest absolute Gasteiger partial charge is 0.481 e. The predicted molar refractivity (Wildman–Crippen MR) is 76.6 cm³/mol. The molecule has 0 saturated heterocycles. The number of aromatic nitrogens is 1. The first kappa shape index (κ1) is 14.3. The molecule has 6 heteroatoms. The molecule has 1 aliphatic heterocycles. The van der Waals surface area contributed by atoms with Crippen molar-refractivity contribution < 1.29 is 23.8 Å². The van der Waals surface area contributed by atoms with Crippen LogP contribution in [0.2, 0.25) is 0 Å². The first-order chi connectivity index (χ1) is 10.7. The Hall–Kier alpha value is -2.63. The smallest absolute Gasteiger partial charge is 0.326 e. The number of allylic oxidation sites excluding steroid dienone is 4. The summed E-state index contributed by atoms with van der Waals surface area (Å²) in [4.78, 5) is 29.1. The zero-order valence-electron chi connectivity index (χ0n) is 12.3. The molecule has 0 aromatic carbocycles. The van der Waals surface area contributed by atoms with Gasteiger partial charge in [-0.05, 0) is 12.5 Å². The molecule has 1 aromatic heterocycles. The zero-order valence-corrected chi connectivity index (χ0v) is 12.3. The van der Waals surface area contributed by atoms with Crippen LogP contribution in [-0.4, -0.2) is 31.0 Å². The highest BCUT2D eigenvalue weighted by Crippen LogP contribution is 2.37. The first-order valence-electron chi connectivity index (χ1n) is 6.90. The van der Waals surface area contributed by atoms with Gasteiger partial charge < -0.3 is 14.2 Å². The highest BCUT2D eigenvalue weighted by atomic mass is 16.5. The second-order valence-electron chi connectivity index (χ2n) is 4.95. The lowest BCUT2D eigenvalue weighted by Crippen LogP contribution is -2.32. The Balaban J connectivity index is 2.05. The van der Waals surface area contributed by atoms with Gasteiger partial charge in [0, 0.05) is 18.1 Å². The maximum atomic E-state index is 12.7. The third-order valence-corrected chi connectivity index (χ3v) is 3.69. The number of nitrogens with zero attached hydrogens (tertiary/aromatic N) is 1. The molecule has 0 N–H and O–H groups in total. The number of carbonyl (C=O) groups excluding carboxylic acids is 2. The summed E-state index contributed by atoms with van der Waals surface area (Å²) in [5, 5.41) is 0. The van der Waals surface area contributed by atoms with Gasteiger partial charge in [0.2, 0.25) is 11.8 Å². The lowest BCUT2D eigenvalue weighted by atomic mass is 9.86. The number of pyridine rings is 1. The van der Waals surface area contributed by atoms with E-state index in [9.17, 15) is 9.59 Å². The van der Waals surface area contributed by atoms with Crippen LogP contribution in [-0.2, 0) is 14.3 Å². The minimum atomic E-state index is -1.06. The Kier molecular flexibility index (Phi) is 3.66. The molecule has 6 nitrogen and oxygen atoms in total. The van der Waals surface area contributed by atoms with Crippen molar-refractivity contribution in [2.24, 2.45) is 0 Å². The van der Waals surface area contributed by atoms with Crippen LogP contribution in [0.1, 0.15) is 24.3 Å². The highest BCUT2D eigenvalue weighted by Gasteiger charge is 2.40. The summed E-state index contributed by atoms with van der Waals surface area (Å²) >= 11 is 0. The molecule has 0 bridgehead atoms. The highest BCUT2D eigenvalue weighted by molar-refractivity contribution is 6.16. The molecular weight excluding hydrogens is 286 g/mol. The van der Waals surface area contributed by atoms with Gasteiger partial charge in [0.1, 0.15) is 5.76 Å². The fourth-order valence-electron chi connectivity index (χ4n) is 2.61. The zero-order chi connectivity index (χ0) is 15.7. The molecule has 1 aliphatic carbocycles. The minimum absolute atomic E-state index is 0.179. The third-order valence-electron chi connectivity index (χ3n) is 3.69. The predicted octanol–water partition coefficient (Wildman–Crippen LogP) is 1.91. The van der Waals surface area contributed by atoms with Gasteiger partial charge in [0.05, 0.1) is 19.8 Å². The Morgan fingerprint density at radius 1 is 1.23 bits per heavy atom. The lowest BCUT2D eigenvalue weighted by Gasteiger charge is -2.26. The number of hydrogen-bond donors (Lipinski definition) is 0. The maximum Gasteiger partial charge on any atom is 0.326 e. The van der Waals surface area contributed by atoms with Gasteiger partial charge in [-0.25, -0.2) is 0 Å². The molecule has 22 heavy (non-hydrogen) atoms. The first-order valence-corrected chi connectivity index (χ1v) is 6.90. The Morgan fingerprint density at radius 2 is 2.05 bits per heavy atom. The SMILES string of the molecule is COc1ccc(C2C(=O)OC3=C(C=CCC3)C2=O)c(OC)n1. The molecule has 2 heterocycles. The summed E-state index contributed by atoms with van der Waals surface area (Å²) < 4.78 is 15.6. The van der Waals surface area contributed by atoms with Crippen LogP contribution in [0.3, 0.4) is 0 Å². The molecule has 0 saturated carbocycles. The van der Waals surface area contributed by atoms with Crippen molar-refractivity contribution in [2.45, 2.75) is 18.8 Å². The standard InChI is InChI=1S/C16H15NO5/c1-20-12-8-7-10(15(17-12)21-2)13-14(18)9-5-3-4-6-11(9)22-16(13)19/h3,5,7-8,13H,4,6H2,1-2H3. The van der Waals surface area contributed by atoms with Crippen molar-refractivity contribution in [3.63, 3.8) is 0 Å². The van der Waals surface area contributed by atoms with E-state index in [4.69, 9.17) is 14.2 Å². The molecule has 0 radical (unpaired) electrons. The minimum Gasteiger partial charge on any atom is -0.481 e. The van der Waals surface area contributed by atoms with E-state index in [-0.39, 0.29) is 11.7 Å². The number of rotatable bonds is 3. The molecule has 1 aromatic rings. The van der Waals surface area contributed by atoms with E-state index in [1.54, 1.807) is 18.2 Å². The molecule has 0 amide bonds. The van der Waals surface area contributed by atoms with Crippen molar-refractivity contribution in [3.8, 4) is 11.8 Å². The van der Waals surface area contributed by atoms with E-state index in [2.05, 4.69) is 4.98 Å². The second kappa shape index (κ2) is 5.63. The van der Waals surface area contributed by atoms with Crippen LogP contribution in [0.4, 0.5) is 0 Å². The van der Waals surface area contributed by atoms with Crippen molar-refractivity contribution in [2.75, 3.05) is 14.2 Å². The fourth-order valence-corrected chi connectivity index (χ4v) is 2.61. The lowest BCUT2D eigenvalue weighted by molar-refractivity contribution is -0.146. The number of ketones is 1. The summed E-state index contributed by atoms with van der Waals surface area (Å²) in [6, 6.07) is 3.19. The number of esters is 1. The van der Waals surface area contributed by atoms with E-state index in [1.807, 2.05) is 6.08 Å². The van der Waals surface area contributed by atoms with Crippen LogP contribution >= 0.6 is 0 Å². The molecule has 0 fully saturated rings. The Morgan fingerprint density at radius 3 is 2.77 bits per heavy atom. The maximum absolute atomic E-state index is 12.7. The number of hydrogen-bond acceptors (Lipinski definition) is 6. The third kappa shape index (κ3) is 2.26.